The Morgan fingerprint density at radius 1 is 1.12 bits per heavy atom. The summed E-state index contributed by atoms with van der Waals surface area (Å²) in [7, 11) is 0. The minimum atomic E-state index is -4.50. The molecule has 11 heteroatoms. The number of nitrogens with one attached hydrogen (secondary N) is 1. The van der Waals surface area contributed by atoms with Gasteiger partial charge in [-0.15, -0.1) is 0 Å². The minimum Gasteiger partial charge on any atom is -0.480 e. The number of halogens is 3. The van der Waals surface area contributed by atoms with E-state index in [0.29, 0.717) is 5.76 Å². The van der Waals surface area contributed by atoms with E-state index in [1.54, 1.807) is 18.2 Å². The quantitative estimate of drug-likeness (QED) is 0.397. The lowest BCUT2D eigenvalue weighted by Gasteiger charge is -2.46. The number of anilines is 1. The molecule has 8 nitrogen and oxygen atoms in total. The van der Waals surface area contributed by atoms with Gasteiger partial charge in [-0.2, -0.15) is 13.2 Å². The molecule has 2 fully saturated rings. The van der Waals surface area contributed by atoms with Crippen molar-refractivity contribution in [2.45, 2.75) is 44.2 Å². The Labute approximate surface area is 227 Å². The largest absolute Gasteiger partial charge is 0.480 e. The number of piperidine rings is 1. The topological polar surface area (TPSA) is 109 Å². The van der Waals surface area contributed by atoms with Crippen LogP contribution in [0.15, 0.2) is 53.2 Å². The van der Waals surface area contributed by atoms with Gasteiger partial charge in [-0.25, -0.2) is 4.98 Å². The van der Waals surface area contributed by atoms with Crippen LogP contribution in [0.25, 0.3) is 16.8 Å². The van der Waals surface area contributed by atoms with Crippen LogP contribution >= 0.6 is 0 Å². The fraction of sp³-hybridized carbons (Fsp3) is 0.379. The Bertz CT molecular complexity index is 1480. The van der Waals surface area contributed by atoms with Gasteiger partial charge in [-0.05, 0) is 61.3 Å². The molecule has 1 aliphatic heterocycles. The zero-order valence-corrected chi connectivity index (χ0v) is 21.5. The van der Waals surface area contributed by atoms with Gasteiger partial charge in [-0.3, -0.25) is 9.59 Å². The average molecular weight is 553 g/mol. The molecule has 2 N–H and O–H groups in total. The summed E-state index contributed by atoms with van der Waals surface area (Å²) in [5.74, 6) is 0.0107. The van der Waals surface area contributed by atoms with Crippen molar-refractivity contribution in [3.63, 3.8) is 0 Å². The van der Waals surface area contributed by atoms with Crippen molar-refractivity contribution in [3.8, 4) is 11.3 Å². The molecule has 2 aromatic heterocycles. The van der Waals surface area contributed by atoms with Crippen molar-refractivity contribution in [3.05, 3.63) is 71.1 Å². The molecule has 0 bridgehead atoms. The van der Waals surface area contributed by atoms with Crippen molar-refractivity contribution in [2.75, 3.05) is 24.5 Å². The van der Waals surface area contributed by atoms with E-state index < -0.39 is 30.2 Å². The molecular formula is C29H27F3N4O4. The van der Waals surface area contributed by atoms with E-state index in [-0.39, 0.29) is 28.2 Å². The Morgan fingerprint density at radius 2 is 1.85 bits per heavy atom. The van der Waals surface area contributed by atoms with Crippen LogP contribution in [0.4, 0.5) is 19.0 Å². The first-order valence-electron chi connectivity index (χ1n) is 13.2. The monoisotopic (exact) mass is 552 g/mol. The zero-order chi connectivity index (χ0) is 28.1. The molecule has 1 aromatic carbocycles. The maximum absolute atomic E-state index is 13.8. The highest BCUT2D eigenvalue weighted by atomic mass is 19.4. The Morgan fingerprint density at radius 3 is 2.48 bits per heavy atom. The standard InChI is InChI=1S/C29H27F3N4O4/c30-29(31,32)21-4-2-1-3-20(21)25-24(26(40-35-25)17-5-6-17)19-13-28(14-19)9-11-36(12-10-28)22-8-7-18(15-33-22)27(39)34-16-23(37)38/h1-4,7-8,13,15,17H,5-6,9-12,14,16H2,(H,34,39)(H,37,38). The molecule has 1 saturated carbocycles. The number of hydrogen-bond acceptors (Lipinski definition) is 6. The lowest BCUT2D eigenvalue weighted by Crippen LogP contribution is -2.42. The lowest BCUT2D eigenvalue weighted by molar-refractivity contribution is -0.137. The maximum Gasteiger partial charge on any atom is 0.417 e. The summed E-state index contributed by atoms with van der Waals surface area (Å²) in [6.07, 6.45) is 3.50. The summed E-state index contributed by atoms with van der Waals surface area (Å²) in [6, 6.07) is 8.89. The van der Waals surface area contributed by atoms with Gasteiger partial charge >= 0.3 is 12.1 Å². The van der Waals surface area contributed by atoms with Crippen LogP contribution in [0.2, 0.25) is 0 Å². The third-order valence-corrected chi connectivity index (χ3v) is 7.99. The molecule has 6 rings (SSSR count). The van der Waals surface area contributed by atoms with Gasteiger partial charge in [0.25, 0.3) is 5.91 Å². The number of carboxylic acid groups (broad SMARTS) is 1. The molecule has 3 aromatic rings. The summed E-state index contributed by atoms with van der Waals surface area (Å²) < 4.78 is 47.1. The fourth-order valence-corrected chi connectivity index (χ4v) is 5.71. The molecule has 1 saturated heterocycles. The Kier molecular flexibility index (Phi) is 6.39. The summed E-state index contributed by atoms with van der Waals surface area (Å²) in [5, 5.41) is 15.2. The van der Waals surface area contributed by atoms with Gasteiger partial charge < -0.3 is 19.8 Å². The number of allylic oxidation sites excluding steroid dienone is 2. The number of carbonyl (C=O) groups excluding carboxylic acids is 1. The summed E-state index contributed by atoms with van der Waals surface area (Å²) in [6.45, 7) is 1.02. The maximum atomic E-state index is 13.8. The van der Waals surface area contributed by atoms with Gasteiger partial charge in [-0.1, -0.05) is 29.4 Å². The van der Waals surface area contributed by atoms with Crippen LogP contribution in [0.3, 0.4) is 0 Å². The second-order valence-electron chi connectivity index (χ2n) is 10.8. The molecule has 0 atom stereocenters. The molecule has 208 valence electrons. The van der Waals surface area contributed by atoms with Crippen molar-refractivity contribution in [1.82, 2.24) is 15.5 Å². The molecule has 40 heavy (non-hydrogen) atoms. The summed E-state index contributed by atoms with van der Waals surface area (Å²) in [4.78, 5) is 29.2. The molecule has 1 amide bonds. The average Bonchev–Trinajstić information content (AvgIpc) is 3.68. The molecule has 2 aliphatic carbocycles. The summed E-state index contributed by atoms with van der Waals surface area (Å²) in [5.41, 5.74) is 1.57. The highest BCUT2D eigenvalue weighted by Crippen LogP contribution is 2.56. The van der Waals surface area contributed by atoms with E-state index in [0.717, 1.165) is 68.2 Å². The molecule has 3 aliphatic rings. The lowest BCUT2D eigenvalue weighted by atomic mass is 9.63. The SMILES string of the molecule is O=C(O)CNC(=O)c1ccc(N2CCC3(C=C(c4c(-c5ccccc5C(F)(F)F)noc4C4CC4)C3)CC2)nc1. The fourth-order valence-electron chi connectivity index (χ4n) is 5.71. The van der Waals surface area contributed by atoms with E-state index in [4.69, 9.17) is 9.63 Å². The van der Waals surface area contributed by atoms with Crippen LogP contribution in [0, 0.1) is 5.41 Å². The van der Waals surface area contributed by atoms with E-state index in [1.807, 2.05) is 0 Å². The highest BCUT2D eigenvalue weighted by Gasteiger charge is 2.45. The number of aliphatic carboxylic acids is 1. The van der Waals surface area contributed by atoms with E-state index in [1.165, 1.54) is 18.3 Å². The van der Waals surface area contributed by atoms with Crippen molar-refractivity contribution < 1.29 is 32.4 Å². The van der Waals surface area contributed by atoms with E-state index >= 15 is 0 Å². The first-order chi connectivity index (χ1) is 19.1. The van der Waals surface area contributed by atoms with Crippen LogP contribution < -0.4 is 10.2 Å². The number of alkyl halides is 3. The second-order valence-corrected chi connectivity index (χ2v) is 10.8. The molecule has 0 radical (unpaired) electrons. The predicted molar refractivity (Wildman–Crippen MR) is 140 cm³/mol. The predicted octanol–water partition coefficient (Wildman–Crippen LogP) is 5.52. The zero-order valence-electron chi connectivity index (χ0n) is 21.5. The number of carbonyl (C=O) groups is 2. The number of nitrogens with zero attached hydrogens (tertiary/aromatic N) is 3. The molecule has 3 heterocycles. The highest BCUT2D eigenvalue weighted by molar-refractivity contribution is 5.95. The third-order valence-electron chi connectivity index (χ3n) is 7.99. The second kappa shape index (κ2) is 9.79. The van der Waals surface area contributed by atoms with Crippen molar-refractivity contribution in [2.24, 2.45) is 5.41 Å². The van der Waals surface area contributed by atoms with Crippen LogP contribution in [-0.4, -0.2) is 46.8 Å². The summed E-state index contributed by atoms with van der Waals surface area (Å²) >= 11 is 0. The minimum absolute atomic E-state index is 0.0403. The van der Waals surface area contributed by atoms with Gasteiger partial charge in [0.15, 0.2) is 0 Å². The number of hydrogen-bond donors (Lipinski definition) is 2. The Balaban J connectivity index is 1.18. The first-order valence-corrected chi connectivity index (χ1v) is 13.2. The van der Waals surface area contributed by atoms with Gasteiger partial charge in [0, 0.05) is 36.3 Å². The van der Waals surface area contributed by atoms with Gasteiger partial charge in [0.05, 0.1) is 11.1 Å². The molecule has 0 unspecified atom stereocenters. The number of amides is 1. The van der Waals surface area contributed by atoms with Crippen LogP contribution in [0.1, 0.15) is 65.3 Å². The number of aromatic nitrogens is 2. The number of pyridine rings is 1. The number of carboxylic acids is 1. The smallest absolute Gasteiger partial charge is 0.417 e. The van der Waals surface area contributed by atoms with Crippen LogP contribution in [-0.2, 0) is 11.0 Å². The molecule has 1 spiro atoms. The third kappa shape index (κ3) is 4.96. The van der Waals surface area contributed by atoms with Crippen molar-refractivity contribution in [1.29, 1.82) is 0 Å². The normalized spacial score (nSPS) is 18.3. The van der Waals surface area contributed by atoms with Crippen molar-refractivity contribution >= 4 is 23.3 Å². The van der Waals surface area contributed by atoms with Gasteiger partial charge in [0.1, 0.15) is 23.8 Å². The first kappa shape index (κ1) is 26.1. The number of rotatable bonds is 7. The Hall–Kier alpha value is -4.15. The van der Waals surface area contributed by atoms with Gasteiger partial charge in [0.2, 0.25) is 0 Å². The molecular weight excluding hydrogens is 525 g/mol. The van der Waals surface area contributed by atoms with E-state index in [2.05, 4.69) is 26.4 Å². The van der Waals surface area contributed by atoms with Crippen LogP contribution in [0.5, 0.6) is 0 Å². The number of benzene rings is 1. The van der Waals surface area contributed by atoms with E-state index in [9.17, 15) is 22.8 Å².